The van der Waals surface area contributed by atoms with Crippen molar-refractivity contribution >= 4 is 49.2 Å². The van der Waals surface area contributed by atoms with Gasteiger partial charge in [0.05, 0.1) is 11.6 Å². The van der Waals surface area contributed by atoms with Crippen molar-refractivity contribution in [2.45, 2.75) is 25.3 Å². The molecule has 2 unspecified atom stereocenters. The zero-order valence-corrected chi connectivity index (χ0v) is 15.0. The van der Waals surface area contributed by atoms with Crippen molar-refractivity contribution in [2.24, 2.45) is 5.92 Å². The van der Waals surface area contributed by atoms with Crippen LogP contribution in [0.4, 0.5) is 0 Å². The number of benzene rings is 1. The Hall–Kier alpha value is -1.40. The fraction of sp³-hybridized carbons (Fsp3) is 0.412. The van der Waals surface area contributed by atoms with Crippen LogP contribution in [-0.4, -0.2) is 35.8 Å². The van der Waals surface area contributed by atoms with Crippen molar-refractivity contribution in [2.75, 3.05) is 13.1 Å². The first kappa shape index (κ1) is 15.1. The van der Waals surface area contributed by atoms with E-state index in [0.29, 0.717) is 18.9 Å². The predicted molar refractivity (Wildman–Crippen MR) is 94.7 cm³/mol. The van der Waals surface area contributed by atoms with E-state index in [1.165, 1.54) is 0 Å². The van der Waals surface area contributed by atoms with Crippen molar-refractivity contribution in [1.82, 2.24) is 10.2 Å². The summed E-state index contributed by atoms with van der Waals surface area (Å²) < 4.78 is 2.13. The van der Waals surface area contributed by atoms with Crippen molar-refractivity contribution < 1.29 is 9.59 Å². The second-order valence-corrected chi connectivity index (χ2v) is 8.04. The van der Waals surface area contributed by atoms with Gasteiger partial charge in [-0.3, -0.25) is 9.59 Å². The SMILES string of the molecule is O=C1CCCC2CN(C(=O)c3csc4c(Br)cccc34)CC2N1. The first-order valence-electron chi connectivity index (χ1n) is 7.88. The van der Waals surface area contributed by atoms with Gasteiger partial charge in [0.2, 0.25) is 5.91 Å². The predicted octanol–water partition coefficient (Wildman–Crippen LogP) is 3.40. The second-order valence-electron chi connectivity index (χ2n) is 6.30. The summed E-state index contributed by atoms with van der Waals surface area (Å²) >= 11 is 5.14. The van der Waals surface area contributed by atoms with Crippen molar-refractivity contribution in [1.29, 1.82) is 0 Å². The highest BCUT2D eigenvalue weighted by atomic mass is 79.9. The summed E-state index contributed by atoms with van der Waals surface area (Å²) in [6.45, 7) is 1.37. The van der Waals surface area contributed by atoms with Crippen LogP contribution in [0.3, 0.4) is 0 Å². The lowest BCUT2D eigenvalue weighted by molar-refractivity contribution is -0.121. The molecule has 0 saturated carbocycles. The third-order valence-electron chi connectivity index (χ3n) is 4.84. The minimum Gasteiger partial charge on any atom is -0.351 e. The Labute approximate surface area is 147 Å². The van der Waals surface area contributed by atoms with Crippen LogP contribution in [-0.2, 0) is 4.79 Å². The van der Waals surface area contributed by atoms with Crippen LogP contribution >= 0.6 is 27.3 Å². The first-order chi connectivity index (χ1) is 11.1. The molecule has 1 N–H and O–H groups in total. The van der Waals surface area contributed by atoms with Crippen LogP contribution in [0.1, 0.15) is 29.6 Å². The molecular formula is C17H17BrN2O2S. The van der Waals surface area contributed by atoms with E-state index in [0.717, 1.165) is 39.5 Å². The van der Waals surface area contributed by atoms with Crippen LogP contribution < -0.4 is 5.32 Å². The van der Waals surface area contributed by atoms with E-state index >= 15 is 0 Å². The fourth-order valence-corrected chi connectivity index (χ4v) is 5.25. The molecule has 1 aromatic heterocycles. The number of amides is 2. The molecule has 3 heterocycles. The summed E-state index contributed by atoms with van der Waals surface area (Å²) in [4.78, 5) is 26.6. The molecule has 0 radical (unpaired) electrons. The van der Waals surface area contributed by atoms with Gasteiger partial charge in [0.25, 0.3) is 5.91 Å². The maximum atomic E-state index is 12.9. The zero-order chi connectivity index (χ0) is 16.0. The number of thiophene rings is 1. The third-order valence-corrected chi connectivity index (χ3v) is 6.79. The lowest BCUT2D eigenvalue weighted by Crippen LogP contribution is -2.39. The quantitative estimate of drug-likeness (QED) is 0.808. The Morgan fingerprint density at radius 3 is 3.09 bits per heavy atom. The number of hydrogen-bond donors (Lipinski definition) is 1. The molecule has 4 rings (SSSR count). The number of nitrogens with zero attached hydrogens (tertiary/aromatic N) is 1. The van der Waals surface area contributed by atoms with Gasteiger partial charge in [0, 0.05) is 39.4 Å². The van der Waals surface area contributed by atoms with E-state index in [1.807, 2.05) is 28.5 Å². The van der Waals surface area contributed by atoms with Crippen molar-refractivity contribution in [3.63, 3.8) is 0 Å². The molecule has 2 atom stereocenters. The highest BCUT2D eigenvalue weighted by Crippen LogP contribution is 2.34. The molecule has 2 aromatic rings. The number of fused-ring (bicyclic) bond motifs is 2. The average molecular weight is 393 g/mol. The Morgan fingerprint density at radius 2 is 2.22 bits per heavy atom. The van der Waals surface area contributed by atoms with Gasteiger partial charge in [-0.2, -0.15) is 0 Å². The Morgan fingerprint density at radius 1 is 1.35 bits per heavy atom. The molecule has 2 saturated heterocycles. The van der Waals surface area contributed by atoms with E-state index in [4.69, 9.17) is 0 Å². The number of carbonyl (C=O) groups is 2. The van der Waals surface area contributed by atoms with Crippen LogP contribution in [0.5, 0.6) is 0 Å². The molecule has 2 fully saturated rings. The second kappa shape index (κ2) is 5.91. The summed E-state index contributed by atoms with van der Waals surface area (Å²) in [5.74, 6) is 0.593. The van der Waals surface area contributed by atoms with Gasteiger partial charge >= 0.3 is 0 Å². The van der Waals surface area contributed by atoms with Gasteiger partial charge in [-0.05, 0) is 40.8 Å². The molecule has 23 heavy (non-hydrogen) atoms. The maximum Gasteiger partial charge on any atom is 0.255 e. The number of halogens is 1. The largest absolute Gasteiger partial charge is 0.351 e. The zero-order valence-electron chi connectivity index (χ0n) is 12.5. The number of hydrogen-bond acceptors (Lipinski definition) is 3. The Kier molecular flexibility index (Phi) is 3.89. The van der Waals surface area contributed by atoms with Gasteiger partial charge in [-0.15, -0.1) is 11.3 Å². The van der Waals surface area contributed by atoms with E-state index in [2.05, 4.69) is 21.2 Å². The third kappa shape index (κ3) is 2.68. The lowest BCUT2D eigenvalue weighted by Gasteiger charge is -2.16. The molecule has 2 amide bonds. The number of rotatable bonds is 1. The first-order valence-corrected chi connectivity index (χ1v) is 9.55. The molecule has 4 nitrogen and oxygen atoms in total. The Bertz CT molecular complexity index is 788. The van der Waals surface area contributed by atoms with Gasteiger partial charge in [0.1, 0.15) is 0 Å². The van der Waals surface area contributed by atoms with Gasteiger partial charge in [0.15, 0.2) is 0 Å². The standard InChI is InChI=1S/C17H17BrN2O2S/c18-13-5-2-4-11-12(9-23-16(11)13)17(22)20-7-10-3-1-6-15(21)19-14(10)8-20/h2,4-5,9-10,14H,1,3,6-8H2,(H,19,21). The molecule has 0 aliphatic carbocycles. The minimum absolute atomic E-state index is 0.0803. The molecular weight excluding hydrogens is 376 g/mol. The normalized spacial score (nSPS) is 24.4. The Balaban J connectivity index is 1.60. The average Bonchev–Trinajstić information content (AvgIpc) is 3.08. The van der Waals surface area contributed by atoms with E-state index in [-0.39, 0.29) is 17.9 Å². The molecule has 0 bridgehead atoms. The van der Waals surface area contributed by atoms with Crippen LogP contribution in [0, 0.1) is 5.92 Å². The van der Waals surface area contributed by atoms with Gasteiger partial charge in [-0.1, -0.05) is 12.1 Å². The molecule has 2 aliphatic heterocycles. The smallest absolute Gasteiger partial charge is 0.255 e. The maximum absolute atomic E-state index is 12.9. The fourth-order valence-electron chi connectivity index (χ4n) is 3.65. The molecule has 1 aromatic carbocycles. The van der Waals surface area contributed by atoms with E-state index in [9.17, 15) is 9.59 Å². The van der Waals surface area contributed by atoms with Crippen LogP contribution in [0.25, 0.3) is 10.1 Å². The van der Waals surface area contributed by atoms with Crippen LogP contribution in [0.15, 0.2) is 28.1 Å². The molecule has 6 heteroatoms. The summed E-state index contributed by atoms with van der Waals surface area (Å²) in [5, 5.41) is 6.03. The minimum atomic E-state index is 0.0803. The van der Waals surface area contributed by atoms with Gasteiger partial charge < -0.3 is 10.2 Å². The van der Waals surface area contributed by atoms with Crippen LogP contribution in [0.2, 0.25) is 0 Å². The highest BCUT2D eigenvalue weighted by Gasteiger charge is 2.38. The highest BCUT2D eigenvalue weighted by molar-refractivity contribution is 9.10. The molecule has 0 spiro atoms. The van der Waals surface area contributed by atoms with Gasteiger partial charge in [-0.25, -0.2) is 0 Å². The summed E-state index contributed by atoms with van der Waals surface area (Å²) in [6.07, 6.45) is 2.55. The number of carbonyl (C=O) groups excluding carboxylic acids is 2. The summed E-state index contributed by atoms with van der Waals surface area (Å²) in [7, 11) is 0. The van der Waals surface area contributed by atoms with E-state index in [1.54, 1.807) is 11.3 Å². The topological polar surface area (TPSA) is 49.4 Å². The molecule has 2 aliphatic rings. The summed E-state index contributed by atoms with van der Waals surface area (Å²) in [5.41, 5.74) is 0.772. The van der Waals surface area contributed by atoms with Crippen molar-refractivity contribution in [3.05, 3.63) is 33.6 Å². The number of likely N-dealkylation sites (tertiary alicyclic amines) is 1. The van der Waals surface area contributed by atoms with E-state index < -0.39 is 0 Å². The van der Waals surface area contributed by atoms with Crippen molar-refractivity contribution in [3.8, 4) is 0 Å². The lowest BCUT2D eigenvalue weighted by atomic mass is 9.99. The molecule has 120 valence electrons. The summed E-state index contributed by atoms with van der Waals surface area (Å²) in [6, 6.07) is 6.07. The number of nitrogens with one attached hydrogen (secondary N) is 1. The monoisotopic (exact) mass is 392 g/mol.